The number of hydrogen-bond donors (Lipinski definition) is 1. The molecule has 16 heavy (non-hydrogen) atoms. The summed E-state index contributed by atoms with van der Waals surface area (Å²) in [6.07, 6.45) is 4.53. The Labute approximate surface area is 104 Å². The molecule has 4 rings (SSSR count). The van der Waals surface area contributed by atoms with Crippen molar-refractivity contribution >= 4 is 21.7 Å². The van der Waals surface area contributed by atoms with E-state index in [2.05, 4.69) is 31.1 Å². The minimum atomic E-state index is 0.594. The van der Waals surface area contributed by atoms with Crippen LogP contribution in [0.15, 0.2) is 22.8 Å². The van der Waals surface area contributed by atoms with Crippen molar-refractivity contribution in [3.63, 3.8) is 0 Å². The van der Waals surface area contributed by atoms with Crippen LogP contribution in [0.2, 0.25) is 0 Å². The van der Waals surface area contributed by atoms with E-state index in [0.29, 0.717) is 6.04 Å². The van der Waals surface area contributed by atoms with Gasteiger partial charge in [-0.3, -0.25) is 0 Å². The lowest BCUT2D eigenvalue weighted by Gasteiger charge is -2.45. The van der Waals surface area contributed by atoms with Crippen molar-refractivity contribution < 1.29 is 0 Å². The van der Waals surface area contributed by atoms with Crippen LogP contribution in [0.1, 0.15) is 12.8 Å². The van der Waals surface area contributed by atoms with Gasteiger partial charge in [-0.2, -0.15) is 0 Å². The number of halogens is 1. The van der Waals surface area contributed by atoms with E-state index in [1.807, 2.05) is 18.3 Å². The molecule has 3 aliphatic rings. The highest BCUT2D eigenvalue weighted by molar-refractivity contribution is 9.10. The normalized spacial score (nSPS) is 32.7. The van der Waals surface area contributed by atoms with Crippen molar-refractivity contribution in [3.8, 4) is 0 Å². The van der Waals surface area contributed by atoms with E-state index in [4.69, 9.17) is 0 Å². The second kappa shape index (κ2) is 4.34. The summed E-state index contributed by atoms with van der Waals surface area (Å²) >= 11 is 3.40. The number of nitrogens with zero attached hydrogens (tertiary/aromatic N) is 2. The fourth-order valence-electron chi connectivity index (χ4n) is 2.78. The van der Waals surface area contributed by atoms with Crippen molar-refractivity contribution in [2.24, 2.45) is 5.92 Å². The summed E-state index contributed by atoms with van der Waals surface area (Å²) in [5.74, 6) is 1.84. The van der Waals surface area contributed by atoms with Gasteiger partial charge in [0.2, 0.25) is 0 Å². The van der Waals surface area contributed by atoms with E-state index >= 15 is 0 Å². The molecule has 3 saturated heterocycles. The highest BCUT2D eigenvalue weighted by atomic mass is 79.9. The first-order valence-corrected chi connectivity index (χ1v) is 6.71. The van der Waals surface area contributed by atoms with Gasteiger partial charge in [0.1, 0.15) is 5.82 Å². The smallest absolute Gasteiger partial charge is 0.126 e. The first-order chi connectivity index (χ1) is 7.81. The van der Waals surface area contributed by atoms with E-state index in [-0.39, 0.29) is 0 Å². The number of rotatable bonds is 2. The molecule has 0 aromatic carbocycles. The Morgan fingerprint density at radius 2 is 2.12 bits per heavy atom. The summed E-state index contributed by atoms with van der Waals surface area (Å²) in [6.45, 7) is 3.76. The fourth-order valence-corrected chi connectivity index (χ4v) is 3.01. The second-order valence-corrected chi connectivity index (χ2v) is 5.67. The van der Waals surface area contributed by atoms with Gasteiger partial charge in [0.25, 0.3) is 0 Å². The highest BCUT2D eigenvalue weighted by Gasteiger charge is 2.33. The van der Waals surface area contributed by atoms with Gasteiger partial charge in [-0.05, 0) is 59.9 Å². The van der Waals surface area contributed by atoms with E-state index < -0.39 is 0 Å². The Kier molecular flexibility index (Phi) is 2.86. The lowest BCUT2D eigenvalue weighted by atomic mass is 9.84. The van der Waals surface area contributed by atoms with Gasteiger partial charge in [0.05, 0.1) is 0 Å². The molecule has 3 fully saturated rings. The van der Waals surface area contributed by atoms with Crippen LogP contribution in [0.5, 0.6) is 0 Å². The van der Waals surface area contributed by atoms with Gasteiger partial charge < -0.3 is 10.2 Å². The molecular formula is C12H16BrN3. The van der Waals surface area contributed by atoms with E-state index in [9.17, 15) is 0 Å². The number of hydrogen-bond acceptors (Lipinski definition) is 3. The minimum absolute atomic E-state index is 0.594. The van der Waals surface area contributed by atoms with Crippen molar-refractivity contribution in [1.82, 2.24) is 9.88 Å². The Morgan fingerprint density at radius 1 is 1.31 bits per heavy atom. The summed E-state index contributed by atoms with van der Waals surface area (Å²) in [7, 11) is 0. The molecule has 1 atom stereocenters. The van der Waals surface area contributed by atoms with Gasteiger partial charge in [0.15, 0.2) is 0 Å². The molecular weight excluding hydrogens is 266 g/mol. The quantitative estimate of drug-likeness (QED) is 0.902. The average Bonchev–Trinajstić information content (AvgIpc) is 2.34. The summed E-state index contributed by atoms with van der Waals surface area (Å²) in [5, 5.41) is 3.57. The third-order valence-electron chi connectivity index (χ3n) is 3.72. The van der Waals surface area contributed by atoms with Crippen LogP contribution in [-0.4, -0.2) is 35.6 Å². The van der Waals surface area contributed by atoms with Crippen LogP contribution < -0.4 is 5.32 Å². The van der Waals surface area contributed by atoms with Gasteiger partial charge in [-0.1, -0.05) is 0 Å². The Bertz CT molecular complexity index is 357. The zero-order valence-corrected chi connectivity index (χ0v) is 10.8. The predicted molar refractivity (Wildman–Crippen MR) is 68.5 cm³/mol. The number of fused-ring (bicyclic) bond motifs is 3. The Hall–Kier alpha value is -0.610. The molecule has 0 saturated carbocycles. The lowest BCUT2D eigenvalue weighted by molar-refractivity contribution is 0.0974. The van der Waals surface area contributed by atoms with E-state index in [1.165, 1.54) is 32.5 Å². The molecule has 4 heteroatoms. The first-order valence-electron chi connectivity index (χ1n) is 5.92. The monoisotopic (exact) mass is 281 g/mol. The van der Waals surface area contributed by atoms with Crippen LogP contribution in [0.4, 0.5) is 5.82 Å². The molecule has 0 radical (unpaired) electrons. The topological polar surface area (TPSA) is 28.2 Å². The van der Waals surface area contributed by atoms with Gasteiger partial charge >= 0.3 is 0 Å². The van der Waals surface area contributed by atoms with Crippen LogP contribution in [0.3, 0.4) is 0 Å². The fraction of sp³-hybridized carbons (Fsp3) is 0.583. The number of pyridine rings is 1. The summed E-state index contributed by atoms with van der Waals surface area (Å²) in [4.78, 5) is 6.93. The number of nitrogens with one attached hydrogen (secondary N) is 1. The Morgan fingerprint density at radius 3 is 2.69 bits per heavy atom. The maximum Gasteiger partial charge on any atom is 0.126 e. The molecule has 0 spiro atoms. The summed E-state index contributed by atoms with van der Waals surface area (Å²) in [6, 6.07) is 4.68. The number of anilines is 1. The molecule has 1 unspecified atom stereocenters. The Balaban J connectivity index is 1.68. The molecule has 0 aliphatic carbocycles. The third-order valence-corrected chi connectivity index (χ3v) is 4.19. The molecule has 86 valence electrons. The highest BCUT2D eigenvalue weighted by Crippen LogP contribution is 2.29. The number of piperidine rings is 3. The van der Waals surface area contributed by atoms with Crippen molar-refractivity contribution in [2.75, 3.05) is 25.0 Å². The third kappa shape index (κ3) is 2.09. The van der Waals surface area contributed by atoms with Crippen LogP contribution in [0.25, 0.3) is 0 Å². The zero-order chi connectivity index (χ0) is 11.0. The lowest BCUT2D eigenvalue weighted by Crippen LogP contribution is -2.53. The minimum Gasteiger partial charge on any atom is -0.366 e. The van der Waals surface area contributed by atoms with E-state index in [0.717, 1.165) is 16.2 Å². The molecule has 3 nitrogen and oxygen atoms in total. The molecule has 1 aromatic rings. The van der Waals surface area contributed by atoms with Crippen LogP contribution >= 0.6 is 15.9 Å². The largest absolute Gasteiger partial charge is 0.366 e. The maximum atomic E-state index is 4.38. The molecule has 0 amide bonds. The number of aromatic nitrogens is 1. The van der Waals surface area contributed by atoms with Gasteiger partial charge in [-0.15, -0.1) is 0 Å². The standard InChI is InChI=1S/C12H16BrN3/c13-10-1-2-12(14-7-10)15-11-8-16-5-3-9(11)4-6-16/h1-2,7,9,11H,3-6,8H2,(H,14,15). The summed E-state index contributed by atoms with van der Waals surface area (Å²) < 4.78 is 1.03. The van der Waals surface area contributed by atoms with E-state index in [1.54, 1.807) is 0 Å². The first kappa shape index (κ1) is 10.5. The van der Waals surface area contributed by atoms with Gasteiger partial charge in [0, 0.05) is 23.3 Å². The summed E-state index contributed by atoms with van der Waals surface area (Å²) in [5.41, 5.74) is 0. The van der Waals surface area contributed by atoms with Crippen molar-refractivity contribution in [2.45, 2.75) is 18.9 Å². The molecule has 4 heterocycles. The van der Waals surface area contributed by atoms with Crippen LogP contribution in [-0.2, 0) is 0 Å². The van der Waals surface area contributed by atoms with Crippen LogP contribution in [0, 0.1) is 5.92 Å². The molecule has 1 aromatic heterocycles. The van der Waals surface area contributed by atoms with Crippen molar-refractivity contribution in [3.05, 3.63) is 22.8 Å². The predicted octanol–water partition coefficient (Wildman–Crippen LogP) is 2.35. The SMILES string of the molecule is Brc1ccc(NC2CN3CCC2CC3)nc1. The maximum absolute atomic E-state index is 4.38. The van der Waals surface area contributed by atoms with Crippen molar-refractivity contribution in [1.29, 1.82) is 0 Å². The van der Waals surface area contributed by atoms with Gasteiger partial charge in [-0.25, -0.2) is 4.98 Å². The average molecular weight is 282 g/mol. The molecule has 3 aliphatic heterocycles. The molecule has 2 bridgehead atoms. The second-order valence-electron chi connectivity index (χ2n) is 4.75. The molecule has 1 N–H and O–H groups in total. The zero-order valence-electron chi connectivity index (χ0n) is 9.19.